The lowest BCUT2D eigenvalue weighted by molar-refractivity contribution is 0.404. The molecule has 3 aromatic carbocycles. The minimum atomic E-state index is -0.334. The van der Waals surface area contributed by atoms with Gasteiger partial charge >= 0.3 is 0 Å². The summed E-state index contributed by atoms with van der Waals surface area (Å²) < 4.78 is 24.6. The van der Waals surface area contributed by atoms with Gasteiger partial charge in [-0.1, -0.05) is 47.6 Å². The third kappa shape index (κ3) is 4.04. The predicted octanol–water partition coefficient (Wildman–Crippen LogP) is 5.75. The molecule has 0 spiro atoms. The molecule has 1 aliphatic rings. The first kappa shape index (κ1) is 21.8. The summed E-state index contributed by atoms with van der Waals surface area (Å²) in [5, 5.41) is 8.09. The van der Waals surface area contributed by atoms with Gasteiger partial charge in [0.2, 0.25) is 5.82 Å². The van der Waals surface area contributed by atoms with E-state index in [4.69, 9.17) is 26.5 Å². The molecule has 6 nitrogen and oxygen atoms in total. The Balaban J connectivity index is 1.64. The van der Waals surface area contributed by atoms with Crippen molar-refractivity contribution in [1.29, 1.82) is 0 Å². The maximum atomic E-state index is 13.6. The highest BCUT2D eigenvalue weighted by atomic mass is 32.1. The number of aromatic nitrogens is 2. The van der Waals surface area contributed by atoms with Crippen LogP contribution in [0.1, 0.15) is 24.4 Å². The molecule has 0 amide bonds. The zero-order valence-electron chi connectivity index (χ0n) is 18.5. The number of rotatable bonds is 5. The molecule has 0 radical (unpaired) electrons. The number of hydrogen-bond donors (Lipinski definition) is 1. The third-order valence-corrected chi connectivity index (χ3v) is 6.01. The average Bonchev–Trinajstić information content (AvgIpc) is 3.35. The molecular weight excluding hydrogens is 451 g/mol. The van der Waals surface area contributed by atoms with E-state index in [0.717, 1.165) is 33.8 Å². The summed E-state index contributed by atoms with van der Waals surface area (Å²) in [6.07, 6.45) is 0. The smallest absolute Gasteiger partial charge is 0.258 e. The summed E-state index contributed by atoms with van der Waals surface area (Å²) in [6.45, 7) is 1.94. The largest absolute Gasteiger partial charge is 0.497 e. The van der Waals surface area contributed by atoms with E-state index >= 15 is 0 Å². The fourth-order valence-corrected chi connectivity index (χ4v) is 4.37. The van der Waals surface area contributed by atoms with Gasteiger partial charge in [-0.2, -0.15) is 4.98 Å². The zero-order valence-corrected chi connectivity index (χ0v) is 19.3. The Hall–Kier alpha value is -4.04. The molecule has 0 fully saturated rings. The minimum absolute atomic E-state index is 0.318. The molecule has 34 heavy (non-hydrogen) atoms. The van der Waals surface area contributed by atoms with Crippen LogP contribution in [0.15, 0.2) is 89.1 Å². The van der Waals surface area contributed by atoms with Gasteiger partial charge in [0.05, 0.1) is 18.7 Å². The lowest BCUT2D eigenvalue weighted by Gasteiger charge is -2.37. The van der Waals surface area contributed by atoms with Gasteiger partial charge in [-0.05, 0) is 61.1 Å². The lowest BCUT2D eigenvalue weighted by Crippen LogP contribution is -2.46. The Morgan fingerprint density at radius 3 is 2.38 bits per heavy atom. The highest BCUT2D eigenvalue weighted by molar-refractivity contribution is 7.80. The second kappa shape index (κ2) is 9.07. The van der Waals surface area contributed by atoms with Gasteiger partial charge in [-0.3, -0.25) is 4.90 Å². The van der Waals surface area contributed by atoms with Crippen molar-refractivity contribution in [2.45, 2.75) is 13.0 Å². The molecule has 170 valence electrons. The first-order chi connectivity index (χ1) is 16.5. The molecule has 1 aliphatic heterocycles. The van der Waals surface area contributed by atoms with Crippen molar-refractivity contribution >= 4 is 28.6 Å². The number of nitrogens with one attached hydrogen (secondary N) is 1. The van der Waals surface area contributed by atoms with Gasteiger partial charge in [0.15, 0.2) is 5.11 Å². The number of halogens is 1. The van der Waals surface area contributed by atoms with Crippen LogP contribution in [0.3, 0.4) is 0 Å². The Morgan fingerprint density at radius 1 is 1.00 bits per heavy atom. The van der Waals surface area contributed by atoms with Gasteiger partial charge in [0.1, 0.15) is 11.6 Å². The zero-order chi connectivity index (χ0) is 23.7. The maximum absolute atomic E-state index is 13.6. The molecule has 1 aromatic heterocycles. The number of nitrogens with zero attached hydrogens (tertiary/aromatic N) is 3. The maximum Gasteiger partial charge on any atom is 0.258 e. The molecule has 4 aromatic rings. The molecule has 1 atom stereocenters. The lowest BCUT2D eigenvalue weighted by atomic mass is 9.94. The Labute approximate surface area is 201 Å². The van der Waals surface area contributed by atoms with E-state index in [2.05, 4.69) is 10.5 Å². The topological polar surface area (TPSA) is 63.4 Å². The summed E-state index contributed by atoms with van der Waals surface area (Å²) in [7, 11) is 1.63. The number of benzene rings is 3. The standard InChI is InChI=1S/C26H21FN4O2S/c1-16-22(25-29-24(30-33-25)18-6-4-3-5-7-18)23(17-8-14-21(32-2)15-9-17)28-26(34)31(16)20-12-10-19(27)11-13-20/h3-15,23H,1-2H3,(H,28,34). The molecule has 0 bridgehead atoms. The predicted molar refractivity (Wildman–Crippen MR) is 133 cm³/mol. The van der Waals surface area contributed by atoms with E-state index in [9.17, 15) is 4.39 Å². The summed E-state index contributed by atoms with van der Waals surface area (Å²) in [5.74, 6) is 1.30. The minimum Gasteiger partial charge on any atom is -0.497 e. The van der Waals surface area contributed by atoms with Gasteiger partial charge in [0, 0.05) is 16.9 Å². The summed E-state index contributed by atoms with van der Waals surface area (Å²) in [4.78, 5) is 6.54. The van der Waals surface area contributed by atoms with Gasteiger partial charge < -0.3 is 14.6 Å². The molecule has 5 rings (SSSR count). The van der Waals surface area contributed by atoms with Crippen LogP contribution in [0.4, 0.5) is 10.1 Å². The molecule has 0 aliphatic carbocycles. The first-order valence-corrected chi connectivity index (χ1v) is 11.1. The van der Waals surface area contributed by atoms with Crippen molar-refractivity contribution in [2.24, 2.45) is 0 Å². The highest BCUT2D eigenvalue weighted by Crippen LogP contribution is 2.39. The Morgan fingerprint density at radius 2 is 1.71 bits per heavy atom. The van der Waals surface area contributed by atoms with E-state index < -0.39 is 0 Å². The van der Waals surface area contributed by atoms with Crippen molar-refractivity contribution in [3.05, 3.63) is 102 Å². The third-order valence-electron chi connectivity index (χ3n) is 5.71. The van der Waals surface area contributed by atoms with Crippen LogP contribution in [-0.2, 0) is 0 Å². The van der Waals surface area contributed by atoms with Crippen molar-refractivity contribution in [3.63, 3.8) is 0 Å². The van der Waals surface area contributed by atoms with Crippen LogP contribution in [0.5, 0.6) is 5.75 Å². The average molecular weight is 473 g/mol. The van der Waals surface area contributed by atoms with Crippen molar-refractivity contribution in [3.8, 4) is 17.1 Å². The van der Waals surface area contributed by atoms with E-state index in [-0.39, 0.29) is 11.9 Å². The van der Waals surface area contributed by atoms with E-state index in [1.807, 2.05) is 66.4 Å². The summed E-state index contributed by atoms with van der Waals surface area (Å²) in [5.41, 5.74) is 4.12. The fraction of sp³-hybridized carbons (Fsp3) is 0.115. The molecule has 0 saturated heterocycles. The molecule has 8 heteroatoms. The van der Waals surface area contributed by atoms with Crippen molar-refractivity contribution < 1.29 is 13.7 Å². The number of methoxy groups -OCH3 is 1. The van der Waals surface area contributed by atoms with Crippen molar-refractivity contribution in [2.75, 3.05) is 12.0 Å². The molecular formula is C26H21FN4O2S. The van der Waals surface area contributed by atoms with Gasteiger partial charge in [0.25, 0.3) is 5.89 Å². The van der Waals surface area contributed by atoms with E-state index in [1.54, 1.807) is 19.2 Å². The molecule has 0 saturated carbocycles. The number of allylic oxidation sites excluding steroid dienone is 1. The van der Waals surface area contributed by atoms with Crippen LogP contribution in [0, 0.1) is 5.82 Å². The SMILES string of the molecule is COc1ccc(C2NC(=S)N(c3ccc(F)cc3)C(C)=C2c2nc(-c3ccccc3)no2)cc1. The monoisotopic (exact) mass is 472 g/mol. The van der Waals surface area contributed by atoms with Gasteiger partial charge in [-0.15, -0.1) is 0 Å². The highest BCUT2D eigenvalue weighted by Gasteiger charge is 2.34. The van der Waals surface area contributed by atoms with E-state index in [1.165, 1.54) is 12.1 Å². The van der Waals surface area contributed by atoms with Crippen LogP contribution >= 0.6 is 12.2 Å². The number of thiocarbonyl (C=S) groups is 1. The van der Waals surface area contributed by atoms with Crippen molar-refractivity contribution in [1.82, 2.24) is 15.5 Å². The summed E-state index contributed by atoms with van der Waals surface area (Å²) in [6, 6.07) is 23.2. The number of ether oxygens (including phenoxy) is 1. The van der Waals surface area contributed by atoms with Gasteiger partial charge in [-0.25, -0.2) is 4.39 Å². The number of anilines is 1. The molecule has 1 unspecified atom stereocenters. The Bertz CT molecular complexity index is 1350. The summed E-state index contributed by atoms with van der Waals surface area (Å²) >= 11 is 5.72. The van der Waals surface area contributed by atoms with E-state index in [0.29, 0.717) is 16.8 Å². The normalized spacial score (nSPS) is 15.9. The van der Waals surface area contributed by atoms with Crippen LogP contribution < -0.4 is 15.0 Å². The quantitative estimate of drug-likeness (QED) is 0.371. The fourth-order valence-electron chi connectivity index (χ4n) is 4.00. The molecule has 1 N–H and O–H groups in total. The number of hydrogen-bond acceptors (Lipinski definition) is 5. The molecule has 2 heterocycles. The first-order valence-electron chi connectivity index (χ1n) is 10.7. The second-order valence-electron chi connectivity index (χ2n) is 7.76. The van der Waals surface area contributed by atoms with Crippen LogP contribution in [0.25, 0.3) is 17.0 Å². The Kier molecular flexibility index (Phi) is 5.81. The van der Waals surface area contributed by atoms with Crippen LogP contribution in [-0.4, -0.2) is 22.4 Å². The van der Waals surface area contributed by atoms with Crippen LogP contribution in [0.2, 0.25) is 0 Å². The second-order valence-corrected chi connectivity index (χ2v) is 8.14.